The number of nitrogens with one attached hydrogen (secondary N) is 1. The zero-order valence-electron chi connectivity index (χ0n) is 13.7. The first kappa shape index (κ1) is 16.5. The number of hydrogen-bond acceptors (Lipinski definition) is 3. The van der Waals surface area contributed by atoms with E-state index in [2.05, 4.69) is 26.1 Å². The number of rotatable bonds is 5. The van der Waals surface area contributed by atoms with Crippen LogP contribution in [0, 0.1) is 5.92 Å². The Hall–Kier alpha value is -0.900. The standard InChI is InChI=1S/C17H30N2O2/c1-4-12(2)13(3)18-15-11-16(20)19(17(15)21)14-9-7-5-6-8-10-14/h12-15,18H,4-11H2,1-3H3. The first-order valence-corrected chi connectivity index (χ1v) is 8.66. The van der Waals surface area contributed by atoms with E-state index in [1.54, 1.807) is 4.90 Å². The molecule has 0 spiro atoms. The van der Waals surface area contributed by atoms with Crippen LogP contribution in [-0.4, -0.2) is 34.8 Å². The fourth-order valence-corrected chi connectivity index (χ4v) is 3.52. The Labute approximate surface area is 128 Å². The largest absolute Gasteiger partial charge is 0.303 e. The first-order valence-electron chi connectivity index (χ1n) is 8.66. The van der Waals surface area contributed by atoms with Crippen molar-refractivity contribution in [2.45, 2.75) is 90.3 Å². The third-order valence-electron chi connectivity index (χ3n) is 5.33. The zero-order chi connectivity index (χ0) is 15.4. The first-order chi connectivity index (χ1) is 10.0. The van der Waals surface area contributed by atoms with Crippen LogP contribution in [0.5, 0.6) is 0 Å². The topological polar surface area (TPSA) is 49.4 Å². The monoisotopic (exact) mass is 294 g/mol. The molecule has 1 heterocycles. The van der Waals surface area contributed by atoms with E-state index < -0.39 is 0 Å². The predicted molar refractivity (Wildman–Crippen MR) is 83.8 cm³/mol. The lowest BCUT2D eigenvalue weighted by Gasteiger charge is -2.27. The Kier molecular flexibility index (Phi) is 5.80. The zero-order valence-corrected chi connectivity index (χ0v) is 13.7. The molecule has 1 saturated heterocycles. The second-order valence-corrected chi connectivity index (χ2v) is 6.84. The lowest BCUT2D eigenvalue weighted by Crippen LogP contribution is -2.47. The van der Waals surface area contributed by atoms with Crippen molar-refractivity contribution in [1.82, 2.24) is 10.2 Å². The van der Waals surface area contributed by atoms with Crippen LogP contribution in [0.1, 0.15) is 72.1 Å². The summed E-state index contributed by atoms with van der Waals surface area (Å²) in [6.45, 7) is 6.45. The van der Waals surface area contributed by atoms with E-state index >= 15 is 0 Å². The SMILES string of the molecule is CCC(C)C(C)NC1CC(=O)N(C2CCCCCC2)C1=O. The molecule has 3 unspecified atom stereocenters. The highest BCUT2D eigenvalue weighted by Gasteiger charge is 2.42. The van der Waals surface area contributed by atoms with Crippen molar-refractivity contribution >= 4 is 11.8 Å². The molecule has 1 aliphatic carbocycles. The molecule has 21 heavy (non-hydrogen) atoms. The quantitative estimate of drug-likeness (QED) is 0.626. The van der Waals surface area contributed by atoms with Crippen molar-refractivity contribution in [3.8, 4) is 0 Å². The van der Waals surface area contributed by atoms with Crippen LogP contribution in [0.2, 0.25) is 0 Å². The molecule has 0 bridgehead atoms. The minimum atomic E-state index is -0.301. The maximum absolute atomic E-state index is 12.6. The van der Waals surface area contributed by atoms with Crippen molar-refractivity contribution in [2.24, 2.45) is 5.92 Å². The fourth-order valence-electron chi connectivity index (χ4n) is 3.52. The number of hydrogen-bond donors (Lipinski definition) is 1. The van der Waals surface area contributed by atoms with Gasteiger partial charge in [0.2, 0.25) is 11.8 Å². The van der Waals surface area contributed by atoms with Crippen molar-refractivity contribution in [3.63, 3.8) is 0 Å². The molecule has 4 heteroatoms. The third-order valence-corrected chi connectivity index (χ3v) is 5.33. The summed E-state index contributed by atoms with van der Waals surface area (Å²) in [5, 5.41) is 3.38. The highest BCUT2D eigenvalue weighted by Crippen LogP contribution is 2.27. The summed E-state index contributed by atoms with van der Waals surface area (Å²) < 4.78 is 0. The molecule has 2 fully saturated rings. The van der Waals surface area contributed by atoms with Crippen molar-refractivity contribution in [3.05, 3.63) is 0 Å². The molecule has 2 rings (SSSR count). The molecule has 0 radical (unpaired) electrons. The van der Waals surface area contributed by atoms with Gasteiger partial charge in [0.25, 0.3) is 0 Å². The molecule has 2 aliphatic rings. The molecule has 1 aliphatic heterocycles. The predicted octanol–water partition coefficient (Wildman–Crippen LogP) is 2.86. The number of likely N-dealkylation sites (tertiary alicyclic amines) is 1. The van der Waals surface area contributed by atoms with Crippen molar-refractivity contribution < 1.29 is 9.59 Å². The summed E-state index contributed by atoms with van der Waals surface area (Å²) in [7, 11) is 0. The van der Waals surface area contributed by atoms with Gasteiger partial charge in [-0.05, 0) is 25.7 Å². The molecular weight excluding hydrogens is 264 g/mol. The number of carbonyl (C=O) groups excluding carboxylic acids is 2. The summed E-state index contributed by atoms with van der Waals surface area (Å²) >= 11 is 0. The Morgan fingerprint density at radius 3 is 2.33 bits per heavy atom. The normalized spacial score (nSPS) is 27.8. The van der Waals surface area contributed by atoms with Gasteiger partial charge in [-0.3, -0.25) is 14.5 Å². The van der Waals surface area contributed by atoms with Gasteiger partial charge in [0.15, 0.2) is 0 Å². The maximum Gasteiger partial charge on any atom is 0.247 e. The average Bonchev–Trinajstić information content (AvgIpc) is 2.66. The molecule has 0 aromatic rings. The second kappa shape index (κ2) is 7.39. The summed E-state index contributed by atoms with van der Waals surface area (Å²) in [6.07, 6.45) is 8.16. The number of amides is 2. The Morgan fingerprint density at radius 1 is 1.14 bits per heavy atom. The van der Waals surface area contributed by atoms with Crippen LogP contribution < -0.4 is 5.32 Å². The van der Waals surface area contributed by atoms with E-state index in [1.807, 2.05) is 0 Å². The van der Waals surface area contributed by atoms with E-state index in [0.717, 1.165) is 32.1 Å². The molecule has 0 aromatic heterocycles. The van der Waals surface area contributed by atoms with E-state index in [4.69, 9.17) is 0 Å². The smallest absolute Gasteiger partial charge is 0.247 e. The maximum atomic E-state index is 12.6. The molecular formula is C17H30N2O2. The summed E-state index contributed by atoms with van der Waals surface area (Å²) in [5.74, 6) is 0.558. The lowest BCUT2D eigenvalue weighted by molar-refractivity contribution is -0.141. The van der Waals surface area contributed by atoms with E-state index in [1.165, 1.54) is 12.8 Å². The van der Waals surface area contributed by atoms with Crippen LogP contribution >= 0.6 is 0 Å². The summed E-state index contributed by atoms with van der Waals surface area (Å²) in [5.41, 5.74) is 0. The van der Waals surface area contributed by atoms with Crippen molar-refractivity contribution in [2.75, 3.05) is 0 Å². The number of imide groups is 1. The minimum Gasteiger partial charge on any atom is -0.303 e. The summed E-state index contributed by atoms with van der Waals surface area (Å²) in [4.78, 5) is 26.5. The minimum absolute atomic E-state index is 0.0158. The molecule has 1 saturated carbocycles. The van der Waals surface area contributed by atoms with E-state index in [0.29, 0.717) is 12.3 Å². The molecule has 3 atom stereocenters. The van der Waals surface area contributed by atoms with Gasteiger partial charge in [-0.2, -0.15) is 0 Å². The second-order valence-electron chi connectivity index (χ2n) is 6.84. The Morgan fingerprint density at radius 2 is 1.76 bits per heavy atom. The molecule has 120 valence electrons. The van der Waals surface area contributed by atoms with Crippen LogP contribution in [0.25, 0.3) is 0 Å². The highest BCUT2D eigenvalue weighted by atomic mass is 16.2. The molecule has 0 aromatic carbocycles. The number of nitrogens with zero attached hydrogens (tertiary/aromatic N) is 1. The molecule has 1 N–H and O–H groups in total. The average molecular weight is 294 g/mol. The Balaban J connectivity index is 1.98. The molecule has 2 amide bonds. The fraction of sp³-hybridized carbons (Fsp3) is 0.882. The van der Waals surface area contributed by atoms with Crippen LogP contribution in [0.4, 0.5) is 0 Å². The molecule has 4 nitrogen and oxygen atoms in total. The van der Waals surface area contributed by atoms with Gasteiger partial charge in [0.1, 0.15) is 0 Å². The van der Waals surface area contributed by atoms with Crippen molar-refractivity contribution in [1.29, 1.82) is 0 Å². The van der Waals surface area contributed by atoms with Gasteiger partial charge >= 0.3 is 0 Å². The lowest BCUT2D eigenvalue weighted by atomic mass is 10.00. The van der Waals surface area contributed by atoms with Crippen LogP contribution in [0.15, 0.2) is 0 Å². The van der Waals surface area contributed by atoms with Gasteiger partial charge < -0.3 is 5.32 Å². The van der Waals surface area contributed by atoms with Crippen LogP contribution in [-0.2, 0) is 9.59 Å². The number of carbonyl (C=O) groups is 2. The van der Waals surface area contributed by atoms with E-state index in [-0.39, 0.29) is 29.9 Å². The van der Waals surface area contributed by atoms with E-state index in [9.17, 15) is 9.59 Å². The summed E-state index contributed by atoms with van der Waals surface area (Å²) in [6, 6.07) is 0.119. The highest BCUT2D eigenvalue weighted by molar-refractivity contribution is 6.05. The van der Waals surface area contributed by atoms with Gasteiger partial charge in [0, 0.05) is 12.1 Å². The van der Waals surface area contributed by atoms with Crippen LogP contribution in [0.3, 0.4) is 0 Å². The van der Waals surface area contributed by atoms with Gasteiger partial charge in [-0.15, -0.1) is 0 Å². The van der Waals surface area contributed by atoms with Gasteiger partial charge in [-0.1, -0.05) is 46.0 Å². The Bertz CT molecular complexity index is 375. The third kappa shape index (κ3) is 3.85. The van der Waals surface area contributed by atoms with Gasteiger partial charge in [-0.25, -0.2) is 0 Å². The van der Waals surface area contributed by atoms with Gasteiger partial charge in [0.05, 0.1) is 12.5 Å².